The summed E-state index contributed by atoms with van der Waals surface area (Å²) in [6, 6.07) is 4.88. The van der Waals surface area contributed by atoms with Crippen LogP contribution in [-0.4, -0.2) is 17.2 Å². The van der Waals surface area contributed by atoms with Crippen molar-refractivity contribution in [3.05, 3.63) is 28.2 Å². The second-order valence-electron chi connectivity index (χ2n) is 3.29. The lowest BCUT2D eigenvalue weighted by molar-refractivity contribution is -0.145. The van der Waals surface area contributed by atoms with Crippen LogP contribution in [0.1, 0.15) is 19.8 Å². The Morgan fingerprint density at radius 1 is 1.50 bits per heavy atom. The first-order chi connectivity index (χ1) is 7.56. The summed E-state index contributed by atoms with van der Waals surface area (Å²) >= 11 is 11.7. The van der Waals surface area contributed by atoms with Gasteiger partial charge in [-0.2, -0.15) is 0 Å². The number of hydrogen-bond acceptors (Lipinski definition) is 2. The maximum Gasteiger partial charge on any atom is 0.344 e. The topological polar surface area (TPSA) is 46.5 Å². The third kappa shape index (κ3) is 3.29. The van der Waals surface area contributed by atoms with Gasteiger partial charge in [-0.1, -0.05) is 42.6 Å². The Morgan fingerprint density at radius 2 is 2.19 bits per heavy atom. The number of carboxylic acids is 1. The predicted molar refractivity (Wildman–Crippen MR) is 63.4 cm³/mol. The fourth-order valence-electron chi connectivity index (χ4n) is 1.22. The van der Waals surface area contributed by atoms with Crippen molar-refractivity contribution in [1.82, 2.24) is 0 Å². The monoisotopic (exact) mass is 262 g/mol. The molecule has 0 aliphatic heterocycles. The zero-order valence-electron chi connectivity index (χ0n) is 8.74. The molecule has 3 nitrogen and oxygen atoms in total. The summed E-state index contributed by atoms with van der Waals surface area (Å²) in [5.41, 5.74) is 0. The highest BCUT2D eigenvalue weighted by Crippen LogP contribution is 2.32. The van der Waals surface area contributed by atoms with E-state index in [-0.39, 0.29) is 5.02 Å². The lowest BCUT2D eigenvalue weighted by atomic mass is 10.2. The van der Waals surface area contributed by atoms with Gasteiger partial charge in [-0.25, -0.2) is 4.79 Å². The highest BCUT2D eigenvalue weighted by Gasteiger charge is 2.19. The number of aliphatic carboxylic acids is 1. The molecular formula is C11H12Cl2O3. The normalized spacial score (nSPS) is 12.2. The third-order valence-corrected chi connectivity index (χ3v) is 2.81. The van der Waals surface area contributed by atoms with Gasteiger partial charge in [0.1, 0.15) is 10.8 Å². The van der Waals surface area contributed by atoms with Crippen molar-refractivity contribution in [2.24, 2.45) is 0 Å². The number of hydrogen-bond donors (Lipinski definition) is 1. The van der Waals surface area contributed by atoms with Gasteiger partial charge in [0.2, 0.25) is 0 Å². The summed E-state index contributed by atoms with van der Waals surface area (Å²) in [7, 11) is 0. The van der Waals surface area contributed by atoms with Crippen LogP contribution in [-0.2, 0) is 4.79 Å². The molecule has 0 aliphatic rings. The van der Waals surface area contributed by atoms with Gasteiger partial charge < -0.3 is 9.84 Å². The van der Waals surface area contributed by atoms with Crippen molar-refractivity contribution in [3.63, 3.8) is 0 Å². The maximum atomic E-state index is 10.9. The van der Waals surface area contributed by atoms with Crippen molar-refractivity contribution in [2.45, 2.75) is 25.9 Å². The molecule has 0 amide bonds. The van der Waals surface area contributed by atoms with Gasteiger partial charge >= 0.3 is 5.97 Å². The van der Waals surface area contributed by atoms with E-state index in [0.717, 1.165) is 6.42 Å². The van der Waals surface area contributed by atoms with E-state index in [0.29, 0.717) is 17.2 Å². The van der Waals surface area contributed by atoms with Crippen LogP contribution >= 0.6 is 23.2 Å². The number of rotatable bonds is 5. The molecule has 0 aromatic heterocycles. The molecular weight excluding hydrogens is 251 g/mol. The SMILES string of the molecule is CCCC(Oc1cccc(Cl)c1Cl)C(=O)O. The van der Waals surface area contributed by atoms with Gasteiger partial charge in [-0.3, -0.25) is 0 Å². The molecule has 1 atom stereocenters. The largest absolute Gasteiger partial charge is 0.479 e. The summed E-state index contributed by atoms with van der Waals surface area (Å²) in [5.74, 6) is -0.701. The molecule has 5 heteroatoms. The van der Waals surface area contributed by atoms with Crippen LogP contribution in [0.15, 0.2) is 18.2 Å². The third-order valence-electron chi connectivity index (χ3n) is 2.01. The summed E-state index contributed by atoms with van der Waals surface area (Å²) < 4.78 is 5.31. The molecule has 1 unspecified atom stereocenters. The van der Waals surface area contributed by atoms with Crippen LogP contribution in [0.3, 0.4) is 0 Å². The van der Waals surface area contributed by atoms with Crippen molar-refractivity contribution in [2.75, 3.05) is 0 Å². The molecule has 0 saturated heterocycles. The van der Waals surface area contributed by atoms with E-state index in [9.17, 15) is 4.79 Å². The molecule has 1 rings (SSSR count). The molecule has 1 aromatic carbocycles. The van der Waals surface area contributed by atoms with Crippen molar-refractivity contribution in [3.8, 4) is 5.75 Å². The first-order valence-corrected chi connectivity index (χ1v) is 5.65. The van der Waals surface area contributed by atoms with Gasteiger partial charge in [0, 0.05) is 0 Å². The Kier molecular flexibility index (Phi) is 4.90. The zero-order valence-corrected chi connectivity index (χ0v) is 10.3. The van der Waals surface area contributed by atoms with Crippen LogP contribution < -0.4 is 4.74 Å². The van der Waals surface area contributed by atoms with E-state index in [2.05, 4.69) is 0 Å². The van der Waals surface area contributed by atoms with Crippen molar-refractivity contribution in [1.29, 1.82) is 0 Å². The second kappa shape index (κ2) is 5.97. The number of benzene rings is 1. The van der Waals surface area contributed by atoms with Crippen LogP contribution in [0.5, 0.6) is 5.75 Å². The lowest BCUT2D eigenvalue weighted by Gasteiger charge is -2.15. The van der Waals surface area contributed by atoms with E-state index in [1.54, 1.807) is 18.2 Å². The smallest absolute Gasteiger partial charge is 0.344 e. The minimum atomic E-state index is -1.00. The number of halogens is 2. The lowest BCUT2D eigenvalue weighted by Crippen LogP contribution is -2.26. The fraction of sp³-hybridized carbons (Fsp3) is 0.364. The summed E-state index contributed by atoms with van der Waals surface area (Å²) in [5, 5.41) is 9.51. The Labute approximate surface area is 104 Å². The van der Waals surface area contributed by atoms with E-state index in [1.165, 1.54) is 0 Å². The Balaban J connectivity index is 2.85. The molecule has 0 radical (unpaired) electrons. The van der Waals surface area contributed by atoms with Crippen molar-refractivity contribution < 1.29 is 14.6 Å². The summed E-state index contributed by atoms with van der Waals surface area (Å²) in [6.45, 7) is 1.89. The van der Waals surface area contributed by atoms with Gasteiger partial charge in [0.05, 0.1) is 5.02 Å². The van der Waals surface area contributed by atoms with Crippen LogP contribution in [0, 0.1) is 0 Å². The average molecular weight is 263 g/mol. The Bertz CT molecular complexity index is 379. The Morgan fingerprint density at radius 3 is 2.75 bits per heavy atom. The van der Waals surface area contributed by atoms with E-state index < -0.39 is 12.1 Å². The van der Waals surface area contributed by atoms with E-state index in [4.69, 9.17) is 33.0 Å². The molecule has 1 N–H and O–H groups in total. The standard InChI is InChI=1S/C11H12Cl2O3/c1-2-4-9(11(14)15)16-8-6-3-5-7(12)10(8)13/h3,5-6,9H,2,4H2,1H3,(H,14,15). The molecule has 16 heavy (non-hydrogen) atoms. The molecule has 1 aromatic rings. The number of carbonyl (C=O) groups is 1. The fourth-order valence-corrected chi connectivity index (χ4v) is 1.56. The van der Waals surface area contributed by atoms with Gasteiger partial charge in [-0.15, -0.1) is 0 Å². The van der Waals surface area contributed by atoms with Gasteiger partial charge in [0.25, 0.3) is 0 Å². The quantitative estimate of drug-likeness (QED) is 0.882. The summed E-state index contributed by atoms with van der Waals surface area (Å²) in [6.07, 6.45) is 0.258. The Hall–Kier alpha value is -0.930. The van der Waals surface area contributed by atoms with Crippen molar-refractivity contribution >= 4 is 29.2 Å². The van der Waals surface area contributed by atoms with Crippen LogP contribution in [0.25, 0.3) is 0 Å². The summed E-state index contributed by atoms with van der Waals surface area (Å²) in [4.78, 5) is 10.9. The highest BCUT2D eigenvalue weighted by molar-refractivity contribution is 6.42. The molecule has 0 fully saturated rings. The molecule has 88 valence electrons. The van der Waals surface area contributed by atoms with E-state index >= 15 is 0 Å². The minimum Gasteiger partial charge on any atom is -0.479 e. The zero-order chi connectivity index (χ0) is 12.1. The molecule has 0 aliphatic carbocycles. The van der Waals surface area contributed by atoms with Gasteiger partial charge in [-0.05, 0) is 18.6 Å². The first-order valence-electron chi connectivity index (χ1n) is 4.89. The van der Waals surface area contributed by atoms with Crippen LogP contribution in [0.2, 0.25) is 10.0 Å². The molecule has 0 spiro atoms. The maximum absolute atomic E-state index is 10.9. The van der Waals surface area contributed by atoms with Gasteiger partial charge in [0.15, 0.2) is 6.10 Å². The first kappa shape index (κ1) is 13.1. The molecule has 0 bridgehead atoms. The minimum absolute atomic E-state index is 0.242. The number of ether oxygens (including phenoxy) is 1. The van der Waals surface area contributed by atoms with Crippen LogP contribution in [0.4, 0.5) is 0 Å². The average Bonchev–Trinajstić information content (AvgIpc) is 2.23. The second-order valence-corrected chi connectivity index (χ2v) is 4.07. The molecule has 0 heterocycles. The number of carboxylic acid groups (broad SMARTS) is 1. The van der Waals surface area contributed by atoms with E-state index in [1.807, 2.05) is 6.92 Å². The highest BCUT2D eigenvalue weighted by atomic mass is 35.5. The predicted octanol–water partition coefficient (Wildman–Crippen LogP) is 3.63. The molecule has 0 saturated carbocycles.